The molecular formula is C14H17N3S. The van der Waals surface area contributed by atoms with Gasteiger partial charge in [0.25, 0.3) is 0 Å². The smallest absolute Gasteiger partial charge is 0.194 e. The first kappa shape index (κ1) is 11.7. The molecule has 0 atom stereocenters. The second kappa shape index (κ2) is 4.07. The van der Waals surface area contributed by atoms with E-state index in [-0.39, 0.29) is 5.54 Å². The van der Waals surface area contributed by atoms with E-state index in [0.717, 1.165) is 11.4 Å². The topological polar surface area (TPSA) is 29.3 Å². The van der Waals surface area contributed by atoms with Crippen molar-refractivity contribution in [3.63, 3.8) is 0 Å². The Morgan fingerprint density at radius 1 is 1.39 bits per heavy atom. The van der Waals surface area contributed by atoms with Crippen molar-refractivity contribution in [2.75, 3.05) is 7.05 Å². The third-order valence-corrected chi connectivity index (χ3v) is 4.45. The van der Waals surface area contributed by atoms with E-state index in [1.165, 1.54) is 15.8 Å². The summed E-state index contributed by atoms with van der Waals surface area (Å²) in [5.74, 6) is 0. The Morgan fingerprint density at radius 3 is 3.00 bits per heavy atom. The summed E-state index contributed by atoms with van der Waals surface area (Å²) in [6.07, 6.45) is 4.90. The third-order valence-electron chi connectivity index (χ3n) is 3.41. The first-order chi connectivity index (χ1) is 8.59. The fourth-order valence-corrected chi connectivity index (χ4v) is 3.24. The minimum Gasteiger partial charge on any atom is -0.314 e. The highest BCUT2D eigenvalue weighted by Gasteiger charge is 2.16. The van der Waals surface area contributed by atoms with Gasteiger partial charge < -0.3 is 5.32 Å². The van der Waals surface area contributed by atoms with Gasteiger partial charge in [-0.05, 0) is 45.0 Å². The zero-order valence-electron chi connectivity index (χ0n) is 10.9. The van der Waals surface area contributed by atoms with Gasteiger partial charge in [0, 0.05) is 17.9 Å². The summed E-state index contributed by atoms with van der Waals surface area (Å²) in [4.78, 5) is 5.41. The average molecular weight is 259 g/mol. The van der Waals surface area contributed by atoms with Gasteiger partial charge in [0.05, 0.1) is 10.2 Å². The Balaban J connectivity index is 2.05. The molecule has 0 aliphatic carbocycles. The van der Waals surface area contributed by atoms with Crippen molar-refractivity contribution < 1.29 is 0 Å². The van der Waals surface area contributed by atoms with E-state index in [4.69, 9.17) is 0 Å². The van der Waals surface area contributed by atoms with Crippen LogP contribution in [-0.2, 0) is 6.42 Å². The first-order valence-electron chi connectivity index (χ1n) is 6.12. The van der Waals surface area contributed by atoms with Gasteiger partial charge in [-0.1, -0.05) is 17.4 Å². The molecule has 3 nitrogen and oxygen atoms in total. The number of nitrogens with zero attached hydrogens (tertiary/aromatic N) is 2. The molecule has 3 aromatic rings. The van der Waals surface area contributed by atoms with Crippen LogP contribution in [0.1, 0.15) is 19.4 Å². The molecular weight excluding hydrogens is 242 g/mol. The second-order valence-electron chi connectivity index (χ2n) is 5.29. The molecule has 0 fully saturated rings. The van der Waals surface area contributed by atoms with Crippen LogP contribution in [0.2, 0.25) is 0 Å². The highest BCUT2D eigenvalue weighted by Crippen LogP contribution is 2.27. The molecule has 0 radical (unpaired) electrons. The number of likely N-dealkylation sites (N-methyl/N-ethyl adjacent to an activating group) is 1. The van der Waals surface area contributed by atoms with Crippen molar-refractivity contribution in [3.8, 4) is 0 Å². The van der Waals surface area contributed by atoms with Gasteiger partial charge in [0.2, 0.25) is 0 Å². The fourth-order valence-electron chi connectivity index (χ4n) is 2.19. The van der Waals surface area contributed by atoms with Gasteiger partial charge in [0.1, 0.15) is 0 Å². The van der Waals surface area contributed by atoms with Crippen molar-refractivity contribution >= 4 is 26.5 Å². The first-order valence-corrected chi connectivity index (χ1v) is 6.94. The Hall–Kier alpha value is -1.39. The standard InChI is InChI=1S/C14H17N3S/c1-14(2,15-3)9-10-4-5-11-12(8-10)18-13-16-6-7-17(11)13/h4-8,15H,9H2,1-3H3. The second-order valence-corrected chi connectivity index (χ2v) is 6.30. The van der Waals surface area contributed by atoms with Crippen LogP contribution >= 0.6 is 11.3 Å². The van der Waals surface area contributed by atoms with Crippen molar-refractivity contribution in [3.05, 3.63) is 36.2 Å². The minimum absolute atomic E-state index is 0.130. The number of nitrogens with one attached hydrogen (secondary N) is 1. The van der Waals surface area contributed by atoms with Gasteiger partial charge in [0.15, 0.2) is 4.96 Å². The van der Waals surface area contributed by atoms with Crippen LogP contribution in [0.25, 0.3) is 15.2 Å². The number of hydrogen-bond acceptors (Lipinski definition) is 3. The average Bonchev–Trinajstić information content (AvgIpc) is 2.88. The number of rotatable bonds is 3. The third kappa shape index (κ3) is 1.91. The summed E-state index contributed by atoms with van der Waals surface area (Å²) in [7, 11) is 2.01. The number of hydrogen-bond donors (Lipinski definition) is 1. The van der Waals surface area contributed by atoms with Gasteiger partial charge >= 0.3 is 0 Å². The molecule has 18 heavy (non-hydrogen) atoms. The SMILES string of the molecule is CNC(C)(C)Cc1ccc2c(c1)sc1nccn12. The Bertz CT molecular complexity index is 693. The zero-order valence-corrected chi connectivity index (χ0v) is 11.7. The van der Waals surface area contributed by atoms with Gasteiger partial charge in [-0.15, -0.1) is 0 Å². The van der Waals surface area contributed by atoms with Gasteiger partial charge in [-0.25, -0.2) is 4.98 Å². The molecule has 0 saturated carbocycles. The van der Waals surface area contributed by atoms with Crippen LogP contribution in [0.5, 0.6) is 0 Å². The molecule has 0 spiro atoms. The maximum atomic E-state index is 4.35. The van der Waals surface area contributed by atoms with Crippen LogP contribution in [0.4, 0.5) is 0 Å². The molecule has 4 heteroatoms. The molecule has 0 aliphatic rings. The summed E-state index contributed by atoms with van der Waals surface area (Å²) < 4.78 is 3.45. The van der Waals surface area contributed by atoms with Crippen molar-refractivity contribution in [2.24, 2.45) is 0 Å². The molecule has 0 bridgehead atoms. The zero-order chi connectivity index (χ0) is 12.8. The minimum atomic E-state index is 0.130. The summed E-state index contributed by atoms with van der Waals surface area (Å²) in [6.45, 7) is 4.44. The molecule has 1 aromatic carbocycles. The van der Waals surface area contributed by atoms with E-state index >= 15 is 0 Å². The Labute approximate surface area is 110 Å². The normalized spacial score (nSPS) is 12.6. The maximum absolute atomic E-state index is 4.35. The predicted octanol–water partition coefficient (Wildman–Crippen LogP) is 3.09. The quantitative estimate of drug-likeness (QED) is 0.783. The van der Waals surface area contributed by atoms with E-state index in [1.807, 2.05) is 19.4 Å². The van der Waals surface area contributed by atoms with Crippen molar-refractivity contribution in [1.82, 2.24) is 14.7 Å². The molecule has 3 rings (SSSR count). The number of imidazole rings is 1. The van der Waals surface area contributed by atoms with E-state index in [2.05, 4.69) is 46.7 Å². The number of fused-ring (bicyclic) bond motifs is 3. The number of benzene rings is 1. The summed E-state index contributed by atoms with van der Waals surface area (Å²) in [5, 5.41) is 3.35. The Kier molecular flexibility index (Phi) is 2.64. The number of thiazole rings is 1. The number of aromatic nitrogens is 2. The molecule has 94 valence electrons. The fraction of sp³-hybridized carbons (Fsp3) is 0.357. The Morgan fingerprint density at radius 2 is 2.22 bits per heavy atom. The van der Waals surface area contributed by atoms with Gasteiger partial charge in [-0.2, -0.15) is 0 Å². The summed E-state index contributed by atoms with van der Waals surface area (Å²) in [6, 6.07) is 6.70. The largest absolute Gasteiger partial charge is 0.314 e. The van der Waals surface area contributed by atoms with Crippen LogP contribution in [0, 0.1) is 0 Å². The molecule has 1 N–H and O–H groups in total. The lowest BCUT2D eigenvalue weighted by Crippen LogP contribution is -2.38. The lowest BCUT2D eigenvalue weighted by molar-refractivity contribution is 0.422. The van der Waals surface area contributed by atoms with E-state index in [9.17, 15) is 0 Å². The maximum Gasteiger partial charge on any atom is 0.194 e. The highest BCUT2D eigenvalue weighted by atomic mass is 32.1. The molecule has 2 heterocycles. The van der Waals surface area contributed by atoms with E-state index in [1.54, 1.807) is 11.3 Å². The molecule has 0 saturated heterocycles. The predicted molar refractivity (Wildman–Crippen MR) is 77.4 cm³/mol. The van der Waals surface area contributed by atoms with Crippen LogP contribution in [0.3, 0.4) is 0 Å². The lowest BCUT2D eigenvalue weighted by atomic mass is 9.95. The van der Waals surface area contributed by atoms with Gasteiger partial charge in [-0.3, -0.25) is 4.40 Å². The molecule has 2 aromatic heterocycles. The van der Waals surface area contributed by atoms with Crippen LogP contribution in [-0.4, -0.2) is 22.0 Å². The highest BCUT2D eigenvalue weighted by molar-refractivity contribution is 7.23. The molecule has 0 unspecified atom stereocenters. The molecule has 0 amide bonds. The summed E-state index contributed by atoms with van der Waals surface area (Å²) >= 11 is 1.75. The molecule has 0 aliphatic heterocycles. The summed E-state index contributed by atoms with van der Waals surface area (Å²) in [5.41, 5.74) is 2.75. The van der Waals surface area contributed by atoms with E-state index in [0.29, 0.717) is 0 Å². The van der Waals surface area contributed by atoms with E-state index < -0.39 is 0 Å². The van der Waals surface area contributed by atoms with Crippen LogP contribution in [0.15, 0.2) is 30.6 Å². The lowest BCUT2D eigenvalue weighted by Gasteiger charge is -2.23. The van der Waals surface area contributed by atoms with Crippen molar-refractivity contribution in [2.45, 2.75) is 25.8 Å². The van der Waals surface area contributed by atoms with Crippen LogP contribution < -0.4 is 5.32 Å². The van der Waals surface area contributed by atoms with Crippen molar-refractivity contribution in [1.29, 1.82) is 0 Å². The monoisotopic (exact) mass is 259 g/mol.